The first-order chi connectivity index (χ1) is 8.06. The molecule has 1 aromatic carbocycles. The molecule has 1 aromatic heterocycles. The number of aryl methyl sites for hydroxylation is 3. The van der Waals surface area contributed by atoms with Gasteiger partial charge in [-0.05, 0) is 44.0 Å². The summed E-state index contributed by atoms with van der Waals surface area (Å²) in [5.41, 5.74) is 9.78. The lowest BCUT2D eigenvalue weighted by Crippen LogP contribution is -1.99. The van der Waals surface area contributed by atoms with Gasteiger partial charge in [0, 0.05) is 16.8 Å². The van der Waals surface area contributed by atoms with Crippen LogP contribution in [0.15, 0.2) is 17.5 Å². The maximum atomic E-state index is 5.83. The highest BCUT2D eigenvalue weighted by Gasteiger charge is 2.05. The third-order valence-corrected chi connectivity index (χ3v) is 3.52. The van der Waals surface area contributed by atoms with Gasteiger partial charge in [-0.15, -0.1) is 11.3 Å². The summed E-state index contributed by atoms with van der Waals surface area (Å²) in [5, 5.41) is 3.02. The molecule has 3 nitrogen and oxygen atoms in total. The molecule has 17 heavy (non-hydrogen) atoms. The Kier molecular flexibility index (Phi) is 3.33. The first-order valence-electron chi connectivity index (χ1n) is 5.47. The fourth-order valence-electron chi connectivity index (χ4n) is 1.58. The van der Waals surface area contributed by atoms with Crippen molar-refractivity contribution in [1.29, 1.82) is 0 Å². The predicted molar refractivity (Wildman–Crippen MR) is 71.5 cm³/mol. The standard InChI is InChI=1S/C13H16N2OS/c1-8-5-12(9(2)4-11(8)14)16-6-13-15-10(3)7-17-13/h4-5,7H,6,14H2,1-3H3. The molecule has 0 saturated heterocycles. The van der Waals surface area contributed by atoms with Crippen LogP contribution < -0.4 is 10.5 Å². The van der Waals surface area contributed by atoms with E-state index in [0.717, 1.165) is 33.3 Å². The molecular weight excluding hydrogens is 232 g/mol. The molecule has 4 heteroatoms. The van der Waals surface area contributed by atoms with Crippen molar-refractivity contribution in [3.8, 4) is 5.75 Å². The van der Waals surface area contributed by atoms with Gasteiger partial charge in [0.2, 0.25) is 0 Å². The average Bonchev–Trinajstić information content (AvgIpc) is 2.68. The number of ether oxygens (including phenoxy) is 1. The van der Waals surface area contributed by atoms with Crippen LogP contribution in [0.4, 0.5) is 5.69 Å². The molecule has 0 spiro atoms. The molecule has 0 aliphatic heterocycles. The van der Waals surface area contributed by atoms with E-state index in [2.05, 4.69) is 4.98 Å². The number of nitrogens with zero attached hydrogens (tertiary/aromatic N) is 1. The van der Waals surface area contributed by atoms with Gasteiger partial charge in [0.25, 0.3) is 0 Å². The van der Waals surface area contributed by atoms with E-state index in [4.69, 9.17) is 10.5 Å². The number of hydrogen-bond acceptors (Lipinski definition) is 4. The van der Waals surface area contributed by atoms with Gasteiger partial charge in [-0.2, -0.15) is 0 Å². The molecule has 2 aromatic rings. The maximum absolute atomic E-state index is 5.83. The topological polar surface area (TPSA) is 48.1 Å². The highest BCUT2D eigenvalue weighted by molar-refractivity contribution is 7.09. The van der Waals surface area contributed by atoms with E-state index in [1.165, 1.54) is 0 Å². The Morgan fingerprint density at radius 1 is 1.24 bits per heavy atom. The number of nitrogens with two attached hydrogens (primary N) is 1. The summed E-state index contributed by atoms with van der Waals surface area (Å²) >= 11 is 1.62. The monoisotopic (exact) mass is 248 g/mol. The Bertz CT molecular complexity index is 534. The number of benzene rings is 1. The number of hydrogen-bond donors (Lipinski definition) is 1. The average molecular weight is 248 g/mol. The molecule has 0 radical (unpaired) electrons. The molecule has 0 saturated carbocycles. The number of anilines is 1. The van der Waals surface area contributed by atoms with Crippen LogP contribution in [-0.2, 0) is 6.61 Å². The zero-order chi connectivity index (χ0) is 12.4. The molecule has 0 atom stereocenters. The summed E-state index contributed by atoms with van der Waals surface area (Å²) < 4.78 is 5.76. The Morgan fingerprint density at radius 2 is 2.00 bits per heavy atom. The van der Waals surface area contributed by atoms with Gasteiger partial charge in [-0.3, -0.25) is 0 Å². The Labute approximate surface area is 105 Å². The highest BCUT2D eigenvalue weighted by Crippen LogP contribution is 2.25. The van der Waals surface area contributed by atoms with Gasteiger partial charge in [0.15, 0.2) is 0 Å². The van der Waals surface area contributed by atoms with Crippen molar-refractivity contribution in [1.82, 2.24) is 4.98 Å². The lowest BCUT2D eigenvalue weighted by atomic mass is 10.1. The van der Waals surface area contributed by atoms with Crippen molar-refractivity contribution >= 4 is 17.0 Å². The third kappa shape index (κ3) is 2.77. The van der Waals surface area contributed by atoms with Crippen molar-refractivity contribution in [3.05, 3.63) is 39.3 Å². The highest BCUT2D eigenvalue weighted by atomic mass is 32.1. The molecule has 1 heterocycles. The largest absolute Gasteiger partial charge is 0.486 e. The molecule has 0 aliphatic rings. The smallest absolute Gasteiger partial charge is 0.140 e. The third-order valence-electron chi connectivity index (χ3n) is 2.58. The van der Waals surface area contributed by atoms with Gasteiger partial charge >= 0.3 is 0 Å². The summed E-state index contributed by atoms with van der Waals surface area (Å²) in [6.45, 7) is 6.48. The van der Waals surface area contributed by atoms with Crippen molar-refractivity contribution in [3.63, 3.8) is 0 Å². The summed E-state index contributed by atoms with van der Waals surface area (Å²) in [7, 11) is 0. The van der Waals surface area contributed by atoms with Gasteiger partial charge in [0.1, 0.15) is 17.4 Å². The van der Waals surface area contributed by atoms with Crippen molar-refractivity contribution in [2.24, 2.45) is 0 Å². The first kappa shape index (κ1) is 11.9. The second-order valence-corrected chi connectivity index (χ2v) is 5.09. The van der Waals surface area contributed by atoms with Crippen molar-refractivity contribution in [2.45, 2.75) is 27.4 Å². The molecule has 0 amide bonds. The van der Waals surface area contributed by atoms with Crippen molar-refractivity contribution < 1.29 is 4.74 Å². The minimum atomic E-state index is 0.517. The summed E-state index contributed by atoms with van der Waals surface area (Å²) in [6.07, 6.45) is 0. The Morgan fingerprint density at radius 3 is 2.65 bits per heavy atom. The van der Waals surface area contributed by atoms with Gasteiger partial charge < -0.3 is 10.5 Å². The van der Waals surface area contributed by atoms with Crippen LogP contribution >= 0.6 is 11.3 Å². The molecule has 2 N–H and O–H groups in total. The fraction of sp³-hybridized carbons (Fsp3) is 0.308. The van der Waals surface area contributed by atoms with Gasteiger partial charge in [-0.1, -0.05) is 0 Å². The van der Waals surface area contributed by atoms with Crippen molar-refractivity contribution in [2.75, 3.05) is 5.73 Å². The van der Waals surface area contributed by atoms with E-state index in [-0.39, 0.29) is 0 Å². The van der Waals surface area contributed by atoms with E-state index < -0.39 is 0 Å². The van der Waals surface area contributed by atoms with Crippen LogP contribution in [0.3, 0.4) is 0 Å². The lowest BCUT2D eigenvalue weighted by Gasteiger charge is -2.10. The second-order valence-electron chi connectivity index (χ2n) is 4.15. The molecule has 0 aliphatic carbocycles. The lowest BCUT2D eigenvalue weighted by molar-refractivity contribution is 0.303. The van der Waals surface area contributed by atoms with Crippen LogP contribution in [0.2, 0.25) is 0 Å². The van der Waals surface area contributed by atoms with Crippen LogP contribution in [0.25, 0.3) is 0 Å². The number of nitrogen functional groups attached to an aromatic ring is 1. The van der Waals surface area contributed by atoms with Crippen LogP contribution in [0.1, 0.15) is 21.8 Å². The van der Waals surface area contributed by atoms with Gasteiger partial charge in [-0.25, -0.2) is 4.98 Å². The predicted octanol–water partition coefficient (Wildman–Crippen LogP) is 3.23. The molecule has 0 unspecified atom stereocenters. The zero-order valence-corrected chi connectivity index (χ0v) is 11.1. The van der Waals surface area contributed by atoms with Crippen LogP contribution in [0, 0.1) is 20.8 Å². The number of rotatable bonds is 3. The molecule has 0 bridgehead atoms. The Hall–Kier alpha value is -1.55. The fourth-order valence-corrected chi connectivity index (χ4v) is 2.26. The normalized spacial score (nSPS) is 10.5. The van der Waals surface area contributed by atoms with E-state index >= 15 is 0 Å². The summed E-state index contributed by atoms with van der Waals surface area (Å²) in [5.74, 6) is 0.879. The zero-order valence-electron chi connectivity index (χ0n) is 10.3. The molecule has 90 valence electrons. The number of aromatic nitrogens is 1. The van der Waals surface area contributed by atoms with E-state index in [9.17, 15) is 0 Å². The molecule has 0 fully saturated rings. The van der Waals surface area contributed by atoms with Crippen LogP contribution in [-0.4, -0.2) is 4.98 Å². The van der Waals surface area contributed by atoms with E-state index in [1.54, 1.807) is 11.3 Å². The number of thiazole rings is 1. The molecular formula is C13H16N2OS. The van der Waals surface area contributed by atoms with E-state index in [1.807, 2.05) is 38.3 Å². The van der Waals surface area contributed by atoms with Gasteiger partial charge in [0.05, 0.1) is 0 Å². The van der Waals surface area contributed by atoms with E-state index in [0.29, 0.717) is 6.61 Å². The SMILES string of the molecule is Cc1csc(COc2cc(C)c(N)cc2C)n1. The first-order valence-corrected chi connectivity index (χ1v) is 6.35. The second kappa shape index (κ2) is 4.75. The minimum Gasteiger partial charge on any atom is -0.486 e. The quantitative estimate of drug-likeness (QED) is 0.848. The Balaban J connectivity index is 2.11. The summed E-state index contributed by atoms with van der Waals surface area (Å²) in [6, 6.07) is 3.92. The van der Waals surface area contributed by atoms with Crippen LogP contribution in [0.5, 0.6) is 5.75 Å². The molecule has 2 rings (SSSR count). The minimum absolute atomic E-state index is 0.517. The summed E-state index contributed by atoms with van der Waals surface area (Å²) in [4.78, 5) is 4.36. The maximum Gasteiger partial charge on any atom is 0.140 e.